The van der Waals surface area contributed by atoms with Gasteiger partial charge < -0.3 is 5.32 Å². The molecule has 1 aromatic rings. The SMILES string of the molecule is Sc1cccc(CC2CC3(CNC3)C2)c1. The van der Waals surface area contributed by atoms with Gasteiger partial charge in [-0.05, 0) is 48.3 Å². The fourth-order valence-electron chi connectivity index (χ4n) is 3.09. The molecule has 1 aliphatic heterocycles. The van der Waals surface area contributed by atoms with Crippen molar-refractivity contribution in [2.45, 2.75) is 24.2 Å². The van der Waals surface area contributed by atoms with Gasteiger partial charge in [0.15, 0.2) is 0 Å². The Morgan fingerprint density at radius 2 is 2.13 bits per heavy atom. The van der Waals surface area contributed by atoms with Gasteiger partial charge in [0, 0.05) is 18.0 Å². The van der Waals surface area contributed by atoms with Crippen LogP contribution >= 0.6 is 12.6 Å². The molecule has 1 nitrogen and oxygen atoms in total. The van der Waals surface area contributed by atoms with Crippen molar-refractivity contribution >= 4 is 12.6 Å². The molecule has 1 saturated heterocycles. The first kappa shape index (κ1) is 9.73. The molecule has 80 valence electrons. The molecule has 2 aliphatic rings. The van der Waals surface area contributed by atoms with Crippen LogP contribution in [0.3, 0.4) is 0 Å². The number of benzene rings is 1. The van der Waals surface area contributed by atoms with Crippen molar-refractivity contribution in [3.05, 3.63) is 29.8 Å². The molecule has 2 heteroatoms. The van der Waals surface area contributed by atoms with E-state index in [1.54, 1.807) is 0 Å². The van der Waals surface area contributed by atoms with Crippen LogP contribution in [0.15, 0.2) is 29.2 Å². The van der Waals surface area contributed by atoms with Crippen molar-refractivity contribution in [2.75, 3.05) is 13.1 Å². The lowest BCUT2D eigenvalue weighted by Crippen LogP contribution is -2.60. The van der Waals surface area contributed by atoms with E-state index in [0.29, 0.717) is 5.41 Å². The highest BCUT2D eigenvalue weighted by Crippen LogP contribution is 2.49. The molecule has 0 radical (unpaired) electrons. The molecule has 0 amide bonds. The van der Waals surface area contributed by atoms with Gasteiger partial charge in [-0.15, -0.1) is 12.6 Å². The van der Waals surface area contributed by atoms with Crippen LogP contribution in [0.4, 0.5) is 0 Å². The molecule has 0 bridgehead atoms. The smallest absolute Gasteiger partial charge is 0.00427 e. The maximum Gasteiger partial charge on any atom is 0.00427 e. The summed E-state index contributed by atoms with van der Waals surface area (Å²) < 4.78 is 0. The van der Waals surface area contributed by atoms with Gasteiger partial charge in [-0.3, -0.25) is 0 Å². The van der Waals surface area contributed by atoms with Crippen molar-refractivity contribution in [1.29, 1.82) is 0 Å². The Hall–Kier alpha value is -0.470. The van der Waals surface area contributed by atoms with Crippen LogP contribution in [0.1, 0.15) is 18.4 Å². The van der Waals surface area contributed by atoms with Gasteiger partial charge in [0.25, 0.3) is 0 Å². The predicted octanol–water partition coefficient (Wildman–Crippen LogP) is 2.52. The van der Waals surface area contributed by atoms with Crippen LogP contribution in [0.25, 0.3) is 0 Å². The quantitative estimate of drug-likeness (QED) is 0.728. The van der Waals surface area contributed by atoms with E-state index in [2.05, 4.69) is 36.1 Å². The first-order valence-electron chi connectivity index (χ1n) is 5.74. The normalized spacial score (nSPS) is 23.5. The first-order valence-corrected chi connectivity index (χ1v) is 6.19. The van der Waals surface area contributed by atoms with Crippen molar-refractivity contribution in [1.82, 2.24) is 5.32 Å². The van der Waals surface area contributed by atoms with Gasteiger partial charge in [0.05, 0.1) is 0 Å². The Balaban J connectivity index is 1.58. The van der Waals surface area contributed by atoms with E-state index in [9.17, 15) is 0 Å². The van der Waals surface area contributed by atoms with Crippen molar-refractivity contribution in [3.8, 4) is 0 Å². The van der Waals surface area contributed by atoms with E-state index in [1.165, 1.54) is 37.9 Å². The van der Waals surface area contributed by atoms with Crippen LogP contribution in [0.2, 0.25) is 0 Å². The standard InChI is InChI=1S/C13H17NS/c15-12-3-1-2-10(5-12)4-11-6-13(7-11)8-14-9-13/h1-3,5,11,14-15H,4,6-9H2. The molecule has 1 aromatic carbocycles. The van der Waals surface area contributed by atoms with Gasteiger partial charge in [-0.25, -0.2) is 0 Å². The van der Waals surface area contributed by atoms with Crippen LogP contribution in [-0.4, -0.2) is 13.1 Å². The Morgan fingerprint density at radius 1 is 1.33 bits per heavy atom. The summed E-state index contributed by atoms with van der Waals surface area (Å²) in [6.07, 6.45) is 4.10. The monoisotopic (exact) mass is 219 g/mol. The van der Waals surface area contributed by atoms with E-state index >= 15 is 0 Å². The maximum absolute atomic E-state index is 4.38. The van der Waals surface area contributed by atoms with Crippen molar-refractivity contribution in [3.63, 3.8) is 0 Å². The average Bonchev–Trinajstić information content (AvgIpc) is 2.07. The molecular weight excluding hydrogens is 202 g/mol. The fraction of sp³-hybridized carbons (Fsp3) is 0.538. The highest BCUT2D eigenvalue weighted by atomic mass is 32.1. The number of hydrogen-bond donors (Lipinski definition) is 2. The molecule has 0 unspecified atom stereocenters. The van der Waals surface area contributed by atoms with Crippen molar-refractivity contribution < 1.29 is 0 Å². The lowest BCUT2D eigenvalue weighted by molar-refractivity contribution is 0.000875. The molecule has 1 saturated carbocycles. The minimum Gasteiger partial charge on any atom is -0.316 e. The van der Waals surface area contributed by atoms with Gasteiger partial charge >= 0.3 is 0 Å². The second kappa shape index (κ2) is 3.53. The minimum atomic E-state index is 0.712. The van der Waals surface area contributed by atoms with Crippen LogP contribution in [0, 0.1) is 11.3 Å². The maximum atomic E-state index is 4.38. The molecule has 1 spiro atoms. The molecule has 1 aliphatic carbocycles. The minimum absolute atomic E-state index is 0.712. The Bertz CT molecular complexity index is 363. The third-order valence-electron chi connectivity index (χ3n) is 3.88. The molecule has 2 fully saturated rings. The van der Waals surface area contributed by atoms with Gasteiger partial charge in [0.1, 0.15) is 0 Å². The molecule has 0 aromatic heterocycles. The van der Waals surface area contributed by atoms with Gasteiger partial charge in [0.2, 0.25) is 0 Å². The summed E-state index contributed by atoms with van der Waals surface area (Å²) in [5, 5.41) is 3.39. The summed E-state index contributed by atoms with van der Waals surface area (Å²) in [6, 6.07) is 8.58. The van der Waals surface area contributed by atoms with E-state index in [0.717, 1.165) is 10.8 Å². The molecule has 1 N–H and O–H groups in total. The predicted molar refractivity (Wildman–Crippen MR) is 65.4 cm³/mol. The van der Waals surface area contributed by atoms with Crippen molar-refractivity contribution in [2.24, 2.45) is 11.3 Å². The summed E-state index contributed by atoms with van der Waals surface area (Å²) in [4.78, 5) is 1.09. The third kappa shape index (κ3) is 1.81. The summed E-state index contributed by atoms with van der Waals surface area (Å²) in [6.45, 7) is 2.52. The van der Waals surface area contributed by atoms with E-state index in [1.807, 2.05) is 6.07 Å². The van der Waals surface area contributed by atoms with Gasteiger partial charge in [-0.2, -0.15) is 0 Å². The number of rotatable bonds is 2. The lowest BCUT2D eigenvalue weighted by Gasteiger charge is -2.54. The summed E-state index contributed by atoms with van der Waals surface area (Å²) >= 11 is 4.38. The Morgan fingerprint density at radius 3 is 2.73 bits per heavy atom. The molecule has 15 heavy (non-hydrogen) atoms. The Labute approximate surface area is 96.7 Å². The third-order valence-corrected chi connectivity index (χ3v) is 4.16. The van der Waals surface area contributed by atoms with Crippen LogP contribution < -0.4 is 5.32 Å². The number of thiol groups is 1. The van der Waals surface area contributed by atoms with Crippen LogP contribution in [0.5, 0.6) is 0 Å². The van der Waals surface area contributed by atoms with E-state index < -0.39 is 0 Å². The first-order chi connectivity index (χ1) is 7.26. The summed E-state index contributed by atoms with van der Waals surface area (Å²) in [5.41, 5.74) is 2.16. The van der Waals surface area contributed by atoms with E-state index in [4.69, 9.17) is 0 Å². The topological polar surface area (TPSA) is 12.0 Å². The second-order valence-corrected chi connectivity index (χ2v) is 5.77. The zero-order valence-corrected chi connectivity index (χ0v) is 9.76. The largest absolute Gasteiger partial charge is 0.316 e. The number of hydrogen-bond acceptors (Lipinski definition) is 2. The molecule has 3 rings (SSSR count). The number of nitrogens with one attached hydrogen (secondary N) is 1. The highest BCUT2D eigenvalue weighted by Gasteiger charge is 2.47. The van der Waals surface area contributed by atoms with Gasteiger partial charge in [-0.1, -0.05) is 12.1 Å². The molecule has 0 atom stereocenters. The Kier molecular flexibility index (Phi) is 2.29. The molecule has 1 heterocycles. The zero-order valence-electron chi connectivity index (χ0n) is 8.87. The van der Waals surface area contributed by atoms with Crippen LogP contribution in [-0.2, 0) is 6.42 Å². The lowest BCUT2D eigenvalue weighted by atomic mass is 9.57. The second-order valence-electron chi connectivity index (χ2n) is 5.25. The summed E-state index contributed by atoms with van der Waals surface area (Å²) in [5.74, 6) is 0.919. The molecular formula is C13H17NS. The highest BCUT2D eigenvalue weighted by molar-refractivity contribution is 7.80. The van der Waals surface area contributed by atoms with E-state index in [-0.39, 0.29) is 0 Å². The zero-order chi connectivity index (χ0) is 10.3. The summed E-state index contributed by atoms with van der Waals surface area (Å²) in [7, 11) is 0. The fourth-order valence-corrected chi connectivity index (χ4v) is 3.35. The average molecular weight is 219 g/mol.